The highest BCUT2D eigenvalue weighted by atomic mass is 19.3. The molecule has 0 amide bonds. The summed E-state index contributed by atoms with van der Waals surface area (Å²) in [5, 5.41) is 0. The Morgan fingerprint density at radius 1 is 1.05 bits per heavy atom. The molecule has 3 heteroatoms. The average molecular weight is 265 g/mol. The molecule has 0 unspecified atom stereocenters. The summed E-state index contributed by atoms with van der Waals surface area (Å²) in [5.74, 6) is -2.49. The summed E-state index contributed by atoms with van der Waals surface area (Å²) < 4.78 is 26.9. The van der Waals surface area contributed by atoms with E-state index in [1.165, 1.54) is 23.1 Å². The first-order valence-electron chi connectivity index (χ1n) is 7.26. The molecule has 2 N–H and O–H groups in total. The third-order valence-corrected chi connectivity index (χ3v) is 5.05. The molecule has 1 aromatic carbocycles. The summed E-state index contributed by atoms with van der Waals surface area (Å²) in [6.45, 7) is 0.486. The summed E-state index contributed by atoms with van der Waals surface area (Å²) in [6.07, 6.45) is 4.40. The Bertz CT molecular complexity index is 472. The molecule has 104 valence electrons. The summed E-state index contributed by atoms with van der Waals surface area (Å²) >= 11 is 0. The average Bonchev–Trinajstić information content (AvgIpc) is 2.88. The number of hydrogen-bond donors (Lipinski definition) is 1. The van der Waals surface area contributed by atoms with Gasteiger partial charge < -0.3 is 5.73 Å². The van der Waals surface area contributed by atoms with Crippen LogP contribution in [-0.4, -0.2) is 12.5 Å². The fourth-order valence-corrected chi connectivity index (χ4v) is 3.79. The highest BCUT2D eigenvalue weighted by Gasteiger charge is 2.44. The van der Waals surface area contributed by atoms with Gasteiger partial charge in [-0.25, -0.2) is 8.78 Å². The maximum atomic E-state index is 13.4. The van der Waals surface area contributed by atoms with Gasteiger partial charge in [-0.1, -0.05) is 18.2 Å². The lowest BCUT2D eigenvalue weighted by atomic mass is 9.67. The number of nitrogens with two attached hydrogens (primary N) is 1. The topological polar surface area (TPSA) is 26.0 Å². The first-order valence-corrected chi connectivity index (χ1v) is 7.26. The maximum Gasteiger partial charge on any atom is 0.248 e. The lowest BCUT2D eigenvalue weighted by molar-refractivity contribution is -0.0510. The SMILES string of the molecule is NCC1(c2cccc3c2CCC3)CCC(F)(F)CC1. The van der Waals surface area contributed by atoms with Crippen LogP contribution in [-0.2, 0) is 18.3 Å². The predicted octanol–water partition coefficient (Wildman–Crippen LogP) is 3.58. The smallest absolute Gasteiger partial charge is 0.248 e. The first kappa shape index (κ1) is 13.0. The second kappa shape index (κ2) is 4.55. The Balaban J connectivity index is 1.98. The summed E-state index contributed by atoms with van der Waals surface area (Å²) in [6, 6.07) is 6.37. The minimum absolute atomic E-state index is 0.0200. The van der Waals surface area contributed by atoms with Crippen molar-refractivity contribution < 1.29 is 8.78 Å². The molecular weight excluding hydrogens is 244 g/mol. The van der Waals surface area contributed by atoms with E-state index in [1.54, 1.807) is 0 Å². The van der Waals surface area contributed by atoms with Crippen molar-refractivity contribution in [1.82, 2.24) is 0 Å². The molecule has 0 aliphatic heterocycles. The van der Waals surface area contributed by atoms with Crippen LogP contribution in [0.25, 0.3) is 0 Å². The first-order chi connectivity index (χ1) is 9.06. The van der Waals surface area contributed by atoms with Gasteiger partial charge in [-0.05, 0) is 48.8 Å². The second-order valence-corrected chi connectivity index (χ2v) is 6.14. The molecule has 2 aliphatic rings. The molecule has 0 radical (unpaired) electrons. The molecule has 2 aliphatic carbocycles. The van der Waals surface area contributed by atoms with Gasteiger partial charge in [-0.2, -0.15) is 0 Å². The lowest BCUT2D eigenvalue weighted by Gasteiger charge is -2.41. The third-order valence-electron chi connectivity index (χ3n) is 5.05. The summed E-state index contributed by atoms with van der Waals surface area (Å²) in [7, 11) is 0. The Morgan fingerprint density at radius 3 is 2.47 bits per heavy atom. The van der Waals surface area contributed by atoms with Gasteiger partial charge in [-0.15, -0.1) is 0 Å². The van der Waals surface area contributed by atoms with E-state index >= 15 is 0 Å². The number of fused-ring (bicyclic) bond motifs is 1. The van der Waals surface area contributed by atoms with Crippen molar-refractivity contribution >= 4 is 0 Å². The number of hydrogen-bond acceptors (Lipinski definition) is 1. The number of alkyl halides is 2. The van der Waals surface area contributed by atoms with E-state index in [4.69, 9.17) is 5.73 Å². The van der Waals surface area contributed by atoms with E-state index in [9.17, 15) is 8.78 Å². The molecule has 0 atom stereocenters. The van der Waals surface area contributed by atoms with Gasteiger partial charge in [0.1, 0.15) is 0 Å². The minimum Gasteiger partial charge on any atom is -0.330 e. The van der Waals surface area contributed by atoms with Crippen molar-refractivity contribution in [2.75, 3.05) is 6.54 Å². The van der Waals surface area contributed by atoms with Crippen LogP contribution < -0.4 is 5.73 Å². The Morgan fingerprint density at radius 2 is 1.79 bits per heavy atom. The van der Waals surface area contributed by atoms with Gasteiger partial charge in [-0.3, -0.25) is 0 Å². The van der Waals surface area contributed by atoms with Crippen molar-refractivity contribution in [1.29, 1.82) is 0 Å². The van der Waals surface area contributed by atoms with Crippen LogP contribution in [0.2, 0.25) is 0 Å². The largest absolute Gasteiger partial charge is 0.330 e. The zero-order chi connectivity index (χ0) is 13.5. The molecule has 0 saturated heterocycles. The number of halogens is 2. The quantitative estimate of drug-likeness (QED) is 0.869. The molecule has 19 heavy (non-hydrogen) atoms. The van der Waals surface area contributed by atoms with Crippen molar-refractivity contribution in [2.24, 2.45) is 5.73 Å². The van der Waals surface area contributed by atoms with E-state index in [2.05, 4.69) is 18.2 Å². The highest BCUT2D eigenvalue weighted by molar-refractivity contribution is 5.43. The van der Waals surface area contributed by atoms with Gasteiger partial charge in [0.15, 0.2) is 0 Å². The molecule has 1 aromatic rings. The molecule has 1 nitrogen and oxygen atoms in total. The Hall–Kier alpha value is -0.960. The van der Waals surface area contributed by atoms with Crippen LogP contribution in [0.4, 0.5) is 8.78 Å². The van der Waals surface area contributed by atoms with E-state index < -0.39 is 5.92 Å². The van der Waals surface area contributed by atoms with E-state index in [0.29, 0.717) is 19.4 Å². The standard InChI is InChI=1S/C16H21F2N/c17-16(18)9-7-15(11-19,8-10-16)14-6-2-4-12-3-1-5-13(12)14/h2,4,6H,1,3,5,7-11,19H2. The monoisotopic (exact) mass is 265 g/mol. The van der Waals surface area contributed by atoms with Gasteiger partial charge in [0.25, 0.3) is 0 Å². The maximum absolute atomic E-state index is 13.4. The fourth-order valence-electron chi connectivity index (χ4n) is 3.79. The van der Waals surface area contributed by atoms with Crippen LogP contribution in [0, 0.1) is 0 Å². The Kier molecular flexibility index (Phi) is 3.12. The normalized spacial score (nSPS) is 24.2. The van der Waals surface area contributed by atoms with Crippen LogP contribution in [0.15, 0.2) is 18.2 Å². The molecule has 0 bridgehead atoms. The molecule has 0 heterocycles. The molecular formula is C16H21F2N. The molecule has 1 fully saturated rings. The molecule has 3 rings (SSSR count). The van der Waals surface area contributed by atoms with E-state index in [0.717, 1.165) is 12.8 Å². The molecule has 0 spiro atoms. The summed E-state index contributed by atoms with van der Waals surface area (Å²) in [4.78, 5) is 0. The van der Waals surface area contributed by atoms with Gasteiger partial charge in [0.05, 0.1) is 0 Å². The van der Waals surface area contributed by atoms with Gasteiger partial charge >= 0.3 is 0 Å². The highest BCUT2D eigenvalue weighted by Crippen LogP contribution is 2.47. The number of benzene rings is 1. The third kappa shape index (κ3) is 2.18. The molecule has 1 saturated carbocycles. The lowest BCUT2D eigenvalue weighted by Crippen LogP contribution is -2.42. The van der Waals surface area contributed by atoms with Gasteiger partial charge in [0.2, 0.25) is 5.92 Å². The summed E-state index contributed by atoms with van der Waals surface area (Å²) in [5.41, 5.74) is 9.87. The van der Waals surface area contributed by atoms with Crippen LogP contribution in [0.3, 0.4) is 0 Å². The van der Waals surface area contributed by atoms with Crippen molar-refractivity contribution in [3.8, 4) is 0 Å². The van der Waals surface area contributed by atoms with E-state index in [-0.39, 0.29) is 18.3 Å². The van der Waals surface area contributed by atoms with Crippen LogP contribution in [0.1, 0.15) is 48.8 Å². The predicted molar refractivity (Wildman–Crippen MR) is 72.6 cm³/mol. The minimum atomic E-state index is -2.49. The number of aryl methyl sites for hydroxylation is 1. The van der Waals surface area contributed by atoms with Crippen molar-refractivity contribution in [3.05, 3.63) is 34.9 Å². The zero-order valence-corrected chi connectivity index (χ0v) is 11.2. The zero-order valence-electron chi connectivity index (χ0n) is 11.2. The fraction of sp³-hybridized carbons (Fsp3) is 0.625. The van der Waals surface area contributed by atoms with Crippen LogP contribution >= 0.6 is 0 Å². The number of rotatable bonds is 2. The van der Waals surface area contributed by atoms with Gasteiger partial charge in [0, 0.05) is 24.8 Å². The second-order valence-electron chi connectivity index (χ2n) is 6.14. The molecule has 0 aromatic heterocycles. The van der Waals surface area contributed by atoms with Crippen molar-refractivity contribution in [2.45, 2.75) is 56.3 Å². The van der Waals surface area contributed by atoms with E-state index in [1.807, 2.05) is 0 Å². The van der Waals surface area contributed by atoms with Crippen LogP contribution in [0.5, 0.6) is 0 Å². The Labute approximate surface area is 113 Å². The van der Waals surface area contributed by atoms with Crippen molar-refractivity contribution in [3.63, 3.8) is 0 Å².